The lowest BCUT2D eigenvalue weighted by atomic mass is 10.0. The number of amides is 1. The average Bonchev–Trinajstić information content (AvgIpc) is 3.11. The first-order chi connectivity index (χ1) is 17.2. The van der Waals surface area contributed by atoms with Gasteiger partial charge in [-0.3, -0.25) is 9.36 Å². The van der Waals surface area contributed by atoms with Crippen LogP contribution in [0.25, 0.3) is 5.69 Å². The molecule has 0 saturated carbocycles. The molecule has 2 saturated heterocycles. The maximum absolute atomic E-state index is 12.8. The van der Waals surface area contributed by atoms with Gasteiger partial charge in [-0.15, -0.1) is 0 Å². The third-order valence-electron chi connectivity index (χ3n) is 6.66. The van der Waals surface area contributed by atoms with E-state index >= 15 is 0 Å². The molecule has 0 aliphatic carbocycles. The number of aromatic nitrogens is 1. The monoisotopic (exact) mass is 528 g/mol. The number of nitrogens with zero attached hydrogens (tertiary/aromatic N) is 2. The lowest BCUT2D eigenvalue weighted by Crippen LogP contribution is -2.50. The van der Waals surface area contributed by atoms with Crippen molar-refractivity contribution >= 4 is 27.5 Å². The van der Waals surface area contributed by atoms with Crippen molar-refractivity contribution in [1.82, 2.24) is 9.47 Å². The summed E-state index contributed by atoms with van der Waals surface area (Å²) in [7, 11) is -3.31. The van der Waals surface area contributed by atoms with E-state index in [9.17, 15) is 18.0 Å². The van der Waals surface area contributed by atoms with Gasteiger partial charge in [-0.25, -0.2) is 13.2 Å². The van der Waals surface area contributed by atoms with Crippen molar-refractivity contribution in [2.24, 2.45) is 0 Å². The van der Waals surface area contributed by atoms with Crippen LogP contribution in [0.2, 0.25) is 5.02 Å². The first-order valence-electron chi connectivity index (χ1n) is 11.6. The summed E-state index contributed by atoms with van der Waals surface area (Å²) in [6.07, 6.45) is 5.33. The fraction of sp³-hybridized carbons (Fsp3) is 0.308. The van der Waals surface area contributed by atoms with Crippen LogP contribution >= 0.6 is 11.6 Å². The minimum atomic E-state index is -3.31. The summed E-state index contributed by atoms with van der Waals surface area (Å²) in [6.45, 7) is 0. The highest BCUT2D eigenvalue weighted by atomic mass is 35.5. The number of hydrogen-bond donors (Lipinski definition) is 0. The van der Waals surface area contributed by atoms with Crippen LogP contribution in [0.3, 0.4) is 0 Å². The SMILES string of the molecule is CS(=O)(=O)c1ccc(-n2ccc(OC3CC4CCC(C3)N4C(=O)Oc3ccc(Cl)cc3)cc2=O)cc1. The molecule has 5 rings (SSSR count). The molecule has 1 aromatic heterocycles. The topological polar surface area (TPSA) is 94.9 Å². The Hall–Kier alpha value is -3.30. The normalized spacial score (nSPS) is 21.3. The Morgan fingerprint density at radius 2 is 1.58 bits per heavy atom. The summed E-state index contributed by atoms with van der Waals surface area (Å²) < 4.78 is 36.5. The van der Waals surface area contributed by atoms with Crippen LogP contribution in [0.15, 0.2) is 76.6 Å². The predicted octanol–water partition coefficient (Wildman–Crippen LogP) is 4.47. The first-order valence-corrected chi connectivity index (χ1v) is 13.9. The zero-order valence-electron chi connectivity index (χ0n) is 19.5. The summed E-state index contributed by atoms with van der Waals surface area (Å²) in [5.41, 5.74) is 0.274. The maximum Gasteiger partial charge on any atom is 0.415 e. The van der Waals surface area contributed by atoms with Gasteiger partial charge >= 0.3 is 6.09 Å². The maximum atomic E-state index is 12.8. The quantitative estimate of drug-likeness (QED) is 0.485. The predicted molar refractivity (Wildman–Crippen MR) is 135 cm³/mol. The summed E-state index contributed by atoms with van der Waals surface area (Å²) in [5.74, 6) is 0.916. The zero-order valence-corrected chi connectivity index (χ0v) is 21.1. The van der Waals surface area contributed by atoms with Crippen LogP contribution in [0.1, 0.15) is 25.7 Å². The zero-order chi connectivity index (χ0) is 25.4. The van der Waals surface area contributed by atoms with E-state index in [2.05, 4.69) is 0 Å². The molecule has 2 bridgehead atoms. The summed E-state index contributed by atoms with van der Waals surface area (Å²) in [5, 5.41) is 0.574. The van der Waals surface area contributed by atoms with Gasteiger partial charge in [0.2, 0.25) is 0 Å². The van der Waals surface area contributed by atoms with Gasteiger partial charge in [-0.1, -0.05) is 11.6 Å². The Balaban J connectivity index is 1.23. The van der Waals surface area contributed by atoms with Crippen LogP contribution < -0.4 is 15.0 Å². The van der Waals surface area contributed by atoms with E-state index in [1.165, 1.54) is 22.8 Å². The van der Waals surface area contributed by atoms with Gasteiger partial charge in [0, 0.05) is 54.2 Å². The van der Waals surface area contributed by atoms with Gasteiger partial charge in [0.1, 0.15) is 17.6 Å². The number of rotatable bonds is 5. The van der Waals surface area contributed by atoms with Crippen LogP contribution in [-0.4, -0.2) is 48.4 Å². The molecule has 10 heteroatoms. The Morgan fingerprint density at radius 1 is 0.944 bits per heavy atom. The number of sulfone groups is 1. The number of ether oxygens (including phenoxy) is 2. The number of hydrogen-bond acceptors (Lipinski definition) is 6. The number of carbonyl (C=O) groups excluding carboxylic acids is 1. The summed E-state index contributed by atoms with van der Waals surface area (Å²) in [4.78, 5) is 27.6. The number of carbonyl (C=O) groups is 1. The van der Waals surface area contributed by atoms with E-state index in [1.54, 1.807) is 48.7 Å². The molecule has 3 heterocycles. The van der Waals surface area contributed by atoms with Gasteiger partial charge in [0.15, 0.2) is 9.84 Å². The van der Waals surface area contributed by atoms with E-state index in [0.717, 1.165) is 19.1 Å². The van der Waals surface area contributed by atoms with E-state index in [1.807, 2.05) is 4.90 Å². The van der Waals surface area contributed by atoms with E-state index in [0.29, 0.717) is 35.1 Å². The lowest BCUT2D eigenvalue weighted by molar-refractivity contribution is 0.0527. The largest absolute Gasteiger partial charge is 0.490 e. The van der Waals surface area contributed by atoms with Gasteiger partial charge in [-0.2, -0.15) is 0 Å². The molecule has 2 atom stereocenters. The third-order valence-corrected chi connectivity index (χ3v) is 8.04. The number of halogens is 1. The molecule has 8 nitrogen and oxygen atoms in total. The van der Waals surface area contributed by atoms with Crippen molar-refractivity contribution < 1.29 is 22.7 Å². The second kappa shape index (κ2) is 9.63. The number of pyridine rings is 1. The van der Waals surface area contributed by atoms with Crippen LogP contribution in [-0.2, 0) is 9.84 Å². The average molecular weight is 529 g/mol. The molecule has 0 radical (unpaired) electrons. The van der Waals surface area contributed by atoms with Crippen molar-refractivity contribution in [3.8, 4) is 17.2 Å². The second-order valence-corrected chi connectivity index (χ2v) is 11.6. The number of fused-ring (bicyclic) bond motifs is 2. The van der Waals surface area contributed by atoms with Gasteiger partial charge in [0.05, 0.1) is 4.90 Å². The molecule has 3 aromatic rings. The third kappa shape index (κ3) is 5.12. The Bertz CT molecular complexity index is 1420. The number of piperidine rings is 1. The van der Waals surface area contributed by atoms with E-state index < -0.39 is 9.84 Å². The molecule has 0 spiro atoms. The smallest absolute Gasteiger partial charge is 0.415 e. The molecule has 36 heavy (non-hydrogen) atoms. The molecule has 2 aromatic carbocycles. The van der Waals surface area contributed by atoms with Crippen LogP contribution in [0.5, 0.6) is 11.5 Å². The Labute approximate surface area is 213 Å². The highest BCUT2D eigenvalue weighted by molar-refractivity contribution is 7.90. The minimum Gasteiger partial charge on any atom is -0.490 e. The van der Waals surface area contributed by atoms with Gasteiger partial charge in [-0.05, 0) is 67.4 Å². The van der Waals surface area contributed by atoms with Crippen molar-refractivity contribution in [2.75, 3.05) is 6.26 Å². The fourth-order valence-electron chi connectivity index (χ4n) is 4.97. The molecule has 188 valence electrons. The molecule has 0 N–H and O–H groups in total. The van der Waals surface area contributed by atoms with Crippen molar-refractivity contribution in [3.63, 3.8) is 0 Å². The fourth-order valence-corrected chi connectivity index (χ4v) is 5.73. The molecule has 2 fully saturated rings. The molecule has 2 aliphatic heterocycles. The molecular weight excluding hydrogens is 504 g/mol. The van der Waals surface area contributed by atoms with Crippen LogP contribution in [0.4, 0.5) is 4.79 Å². The Morgan fingerprint density at radius 3 is 2.17 bits per heavy atom. The minimum absolute atomic E-state index is 0.0160. The van der Waals surface area contributed by atoms with Gasteiger partial charge < -0.3 is 14.4 Å². The highest BCUT2D eigenvalue weighted by Gasteiger charge is 2.45. The lowest BCUT2D eigenvalue weighted by Gasteiger charge is -2.38. The van der Waals surface area contributed by atoms with Gasteiger partial charge in [0.25, 0.3) is 5.56 Å². The van der Waals surface area contributed by atoms with Crippen molar-refractivity contribution in [3.05, 3.63) is 82.2 Å². The second-order valence-electron chi connectivity index (χ2n) is 9.16. The molecular formula is C26H25ClN2O6S. The molecule has 2 unspecified atom stereocenters. The first kappa shape index (κ1) is 24.4. The highest BCUT2D eigenvalue weighted by Crippen LogP contribution is 2.38. The van der Waals surface area contributed by atoms with Crippen molar-refractivity contribution in [2.45, 2.75) is 48.8 Å². The Kier molecular flexibility index (Phi) is 6.53. The standard InChI is InChI=1S/C26H25ClN2O6S/c1-36(32,33)24-10-6-18(7-11-24)28-13-12-22(16-25(28)30)34-23-14-19-4-5-20(15-23)29(19)26(31)35-21-8-2-17(27)3-9-21/h2-3,6-13,16,19-20,23H,4-5,14-15H2,1H3. The molecule has 2 aliphatic rings. The van der Waals surface area contributed by atoms with Crippen LogP contribution in [0, 0.1) is 0 Å². The van der Waals surface area contributed by atoms with E-state index in [4.69, 9.17) is 21.1 Å². The number of benzene rings is 2. The molecule has 1 amide bonds. The van der Waals surface area contributed by atoms with E-state index in [-0.39, 0.29) is 34.7 Å². The summed E-state index contributed by atoms with van der Waals surface area (Å²) in [6, 6.07) is 16.0. The van der Waals surface area contributed by atoms with Crippen molar-refractivity contribution in [1.29, 1.82) is 0 Å². The summed E-state index contributed by atoms with van der Waals surface area (Å²) >= 11 is 5.90.